The molecule has 0 aliphatic rings. The van der Waals surface area contributed by atoms with Gasteiger partial charge in [0.05, 0.1) is 31.9 Å². The molecule has 0 bridgehead atoms. The molecule has 0 spiro atoms. The number of fused-ring (bicyclic) bond motifs is 2. The van der Waals surface area contributed by atoms with Crippen LogP contribution < -0.4 is 10.1 Å². The van der Waals surface area contributed by atoms with Gasteiger partial charge in [0, 0.05) is 17.1 Å². The maximum absolute atomic E-state index is 5.36. The molecule has 0 unspecified atom stereocenters. The molecule has 0 radical (unpaired) electrons. The largest absolute Gasteiger partial charge is 0.496 e. The molecule has 0 saturated carbocycles. The molecule has 4 rings (SSSR count). The number of rotatable bonds is 3. The highest BCUT2D eigenvalue weighted by atomic mass is 127. The van der Waals surface area contributed by atoms with Crippen molar-refractivity contribution in [2.75, 3.05) is 12.4 Å². The number of aromatic nitrogens is 3. The molecule has 2 heterocycles. The number of benzene rings is 2. The van der Waals surface area contributed by atoms with Crippen molar-refractivity contribution in [2.45, 2.75) is 0 Å². The number of thiazole rings is 1. The minimum Gasteiger partial charge on any atom is -0.496 e. The van der Waals surface area contributed by atoms with Gasteiger partial charge >= 0.3 is 0 Å². The van der Waals surface area contributed by atoms with Gasteiger partial charge in [0.25, 0.3) is 0 Å². The number of anilines is 2. The third-order valence-electron chi connectivity index (χ3n) is 3.50. The van der Waals surface area contributed by atoms with Gasteiger partial charge in [0.1, 0.15) is 17.9 Å². The van der Waals surface area contributed by atoms with E-state index in [4.69, 9.17) is 4.74 Å². The lowest BCUT2D eigenvalue weighted by Gasteiger charge is -2.10. The predicted octanol–water partition coefficient (Wildman–Crippen LogP) is 4.60. The van der Waals surface area contributed by atoms with Crippen molar-refractivity contribution in [1.29, 1.82) is 0 Å². The fourth-order valence-electron chi connectivity index (χ4n) is 2.38. The van der Waals surface area contributed by atoms with Gasteiger partial charge in [-0.15, -0.1) is 11.3 Å². The summed E-state index contributed by atoms with van der Waals surface area (Å²) in [6.45, 7) is 0. The van der Waals surface area contributed by atoms with Crippen molar-refractivity contribution in [3.63, 3.8) is 0 Å². The summed E-state index contributed by atoms with van der Waals surface area (Å²) < 4.78 is 7.52. The zero-order chi connectivity index (χ0) is 15.8. The van der Waals surface area contributed by atoms with E-state index in [9.17, 15) is 0 Å². The van der Waals surface area contributed by atoms with E-state index in [2.05, 4.69) is 48.9 Å². The first-order valence-electron chi connectivity index (χ1n) is 6.83. The summed E-state index contributed by atoms with van der Waals surface area (Å²) in [5.41, 5.74) is 4.68. The highest BCUT2D eigenvalue weighted by Gasteiger charge is 2.09. The molecule has 114 valence electrons. The molecule has 0 aliphatic heterocycles. The van der Waals surface area contributed by atoms with Crippen molar-refractivity contribution >= 4 is 66.6 Å². The van der Waals surface area contributed by atoms with Crippen LogP contribution in [0.4, 0.5) is 11.5 Å². The van der Waals surface area contributed by atoms with Crippen LogP contribution >= 0.6 is 33.9 Å². The van der Waals surface area contributed by atoms with Gasteiger partial charge in [0.2, 0.25) is 0 Å². The molecule has 2 aromatic heterocycles. The van der Waals surface area contributed by atoms with Crippen LogP contribution in [0.25, 0.3) is 21.1 Å². The smallest absolute Gasteiger partial charge is 0.141 e. The summed E-state index contributed by atoms with van der Waals surface area (Å²) in [6.07, 6.45) is 1.56. The Morgan fingerprint density at radius 2 is 2.00 bits per heavy atom. The Bertz CT molecular complexity index is 1020. The first kappa shape index (κ1) is 14.6. The van der Waals surface area contributed by atoms with E-state index in [1.807, 2.05) is 29.8 Å². The standard InChI is InChI=1S/C16H11IN4OS/c1-22-14-6-13-10(5-11(14)17)16(19-7-18-13)21-9-2-3-12-15(4-9)23-8-20-12/h2-8H,1H3,(H,18,19,21). The maximum Gasteiger partial charge on any atom is 0.141 e. The van der Waals surface area contributed by atoms with Crippen LogP contribution in [0.3, 0.4) is 0 Å². The Balaban J connectivity index is 1.80. The van der Waals surface area contributed by atoms with Gasteiger partial charge in [-0.1, -0.05) is 0 Å². The van der Waals surface area contributed by atoms with E-state index in [1.165, 1.54) is 0 Å². The summed E-state index contributed by atoms with van der Waals surface area (Å²) in [7, 11) is 1.66. The molecule has 0 fully saturated rings. The van der Waals surface area contributed by atoms with Crippen LogP contribution in [0, 0.1) is 3.57 Å². The lowest BCUT2D eigenvalue weighted by molar-refractivity contribution is 0.412. The zero-order valence-electron chi connectivity index (χ0n) is 12.1. The fourth-order valence-corrected chi connectivity index (χ4v) is 3.79. The van der Waals surface area contributed by atoms with E-state index in [0.29, 0.717) is 0 Å². The molecule has 4 aromatic rings. The average molecular weight is 434 g/mol. The second kappa shape index (κ2) is 5.89. The molecule has 2 aromatic carbocycles. The number of nitrogens with zero attached hydrogens (tertiary/aromatic N) is 3. The molecular formula is C16H11IN4OS. The van der Waals surface area contributed by atoms with Crippen molar-refractivity contribution in [3.05, 3.63) is 45.7 Å². The number of ether oxygens (including phenoxy) is 1. The molecule has 5 nitrogen and oxygen atoms in total. The predicted molar refractivity (Wildman–Crippen MR) is 102 cm³/mol. The van der Waals surface area contributed by atoms with Gasteiger partial charge in [0.15, 0.2) is 0 Å². The maximum atomic E-state index is 5.36. The lowest BCUT2D eigenvalue weighted by atomic mass is 10.2. The summed E-state index contributed by atoms with van der Waals surface area (Å²) in [5, 5.41) is 4.34. The third-order valence-corrected chi connectivity index (χ3v) is 5.14. The number of halogens is 1. The number of nitrogens with one attached hydrogen (secondary N) is 1. The SMILES string of the molecule is COc1cc2ncnc(Nc3ccc4ncsc4c3)c2cc1I. The van der Waals surface area contributed by atoms with Gasteiger partial charge in [-0.05, 0) is 46.9 Å². The van der Waals surface area contributed by atoms with Crippen LogP contribution in [0.15, 0.2) is 42.2 Å². The van der Waals surface area contributed by atoms with Crippen LogP contribution in [0.2, 0.25) is 0 Å². The minimum atomic E-state index is 0.777. The minimum absolute atomic E-state index is 0.777. The topological polar surface area (TPSA) is 59.9 Å². The van der Waals surface area contributed by atoms with Crippen molar-refractivity contribution < 1.29 is 4.74 Å². The zero-order valence-corrected chi connectivity index (χ0v) is 15.1. The Hall–Kier alpha value is -2.00. The number of hydrogen-bond donors (Lipinski definition) is 1. The monoisotopic (exact) mass is 434 g/mol. The highest BCUT2D eigenvalue weighted by molar-refractivity contribution is 14.1. The summed E-state index contributed by atoms with van der Waals surface area (Å²) in [5.74, 6) is 1.59. The molecule has 0 atom stereocenters. The van der Waals surface area contributed by atoms with Gasteiger partial charge < -0.3 is 10.1 Å². The molecule has 0 aliphatic carbocycles. The second-order valence-corrected chi connectivity index (χ2v) is 6.93. The second-order valence-electron chi connectivity index (χ2n) is 4.89. The average Bonchev–Trinajstić information content (AvgIpc) is 3.02. The van der Waals surface area contributed by atoms with Gasteiger partial charge in [-0.3, -0.25) is 0 Å². The van der Waals surface area contributed by atoms with Crippen LogP contribution in [0.1, 0.15) is 0 Å². The van der Waals surface area contributed by atoms with Gasteiger partial charge in [-0.25, -0.2) is 15.0 Å². The van der Waals surface area contributed by atoms with Crippen LogP contribution in [0.5, 0.6) is 5.75 Å². The van der Waals surface area contributed by atoms with E-state index >= 15 is 0 Å². The molecule has 0 amide bonds. The Morgan fingerprint density at radius 1 is 1.09 bits per heavy atom. The molecule has 7 heteroatoms. The fraction of sp³-hybridized carbons (Fsp3) is 0.0625. The van der Waals surface area contributed by atoms with Crippen molar-refractivity contribution in [1.82, 2.24) is 15.0 Å². The summed E-state index contributed by atoms with van der Waals surface area (Å²) in [6, 6.07) is 10.0. The number of hydrogen-bond acceptors (Lipinski definition) is 6. The summed E-state index contributed by atoms with van der Waals surface area (Å²) in [4.78, 5) is 13.0. The van der Waals surface area contributed by atoms with E-state index in [-0.39, 0.29) is 0 Å². The Kier molecular flexibility index (Phi) is 3.74. The molecular weight excluding hydrogens is 423 g/mol. The third kappa shape index (κ3) is 2.70. The quantitative estimate of drug-likeness (QED) is 0.478. The summed E-state index contributed by atoms with van der Waals surface area (Å²) >= 11 is 3.87. The molecule has 0 saturated heterocycles. The Labute approximate surface area is 149 Å². The van der Waals surface area contributed by atoms with Gasteiger partial charge in [-0.2, -0.15) is 0 Å². The Morgan fingerprint density at radius 3 is 2.87 bits per heavy atom. The van der Waals surface area contributed by atoms with E-state index < -0.39 is 0 Å². The molecule has 1 N–H and O–H groups in total. The van der Waals surface area contributed by atoms with Crippen molar-refractivity contribution in [3.8, 4) is 5.75 Å². The normalized spacial score (nSPS) is 11.0. The highest BCUT2D eigenvalue weighted by Crippen LogP contribution is 2.31. The lowest BCUT2D eigenvalue weighted by Crippen LogP contribution is -1.97. The van der Waals surface area contributed by atoms with Crippen molar-refractivity contribution in [2.24, 2.45) is 0 Å². The first-order valence-corrected chi connectivity index (χ1v) is 8.79. The van der Waals surface area contributed by atoms with E-state index in [0.717, 1.165) is 41.9 Å². The van der Waals surface area contributed by atoms with E-state index in [1.54, 1.807) is 24.8 Å². The van der Waals surface area contributed by atoms with Crippen LogP contribution in [-0.4, -0.2) is 22.1 Å². The molecule has 23 heavy (non-hydrogen) atoms. The number of methoxy groups -OCH3 is 1. The van der Waals surface area contributed by atoms with Crippen LogP contribution in [-0.2, 0) is 0 Å². The first-order chi connectivity index (χ1) is 11.2.